The maximum atomic E-state index is 13.2. The van der Waals surface area contributed by atoms with Gasteiger partial charge in [-0.2, -0.15) is 13.2 Å². The Balaban J connectivity index is 1.73. The van der Waals surface area contributed by atoms with Crippen LogP contribution in [-0.2, 0) is 19.4 Å². The van der Waals surface area contributed by atoms with Crippen molar-refractivity contribution in [3.8, 4) is 0 Å². The van der Waals surface area contributed by atoms with Crippen molar-refractivity contribution in [2.45, 2.75) is 30.3 Å². The molecule has 0 amide bonds. The number of carboxylic acid groups (broad SMARTS) is 1. The minimum absolute atomic E-state index is 0.0662. The van der Waals surface area contributed by atoms with E-state index in [0.29, 0.717) is 0 Å². The summed E-state index contributed by atoms with van der Waals surface area (Å²) in [6, 6.07) is 4.39. The highest BCUT2D eigenvalue weighted by Gasteiger charge is 2.69. The van der Waals surface area contributed by atoms with Crippen molar-refractivity contribution in [2.24, 2.45) is 11.3 Å². The molecule has 1 saturated carbocycles. The Morgan fingerprint density at radius 2 is 1.79 bits per heavy atom. The summed E-state index contributed by atoms with van der Waals surface area (Å²) >= 11 is 6.22. The van der Waals surface area contributed by atoms with Gasteiger partial charge in [0.15, 0.2) is 15.6 Å². The molecule has 1 aliphatic carbocycles. The molecular weight excluding hydrogens is 499 g/mol. The SMILES string of the molecule is CN1CCN(c2ccc(S(=O)(=O)CC[C@H](C(=N)C(=O)C3(C(F)(F)F)CC3)C(=O)O)c(Cl)c2)CC1. The molecule has 1 atom stereocenters. The molecule has 2 N–H and O–H groups in total. The van der Waals surface area contributed by atoms with Crippen LogP contribution in [0.5, 0.6) is 0 Å². The number of ketones is 1. The monoisotopic (exact) mass is 523 g/mol. The number of hydrogen-bond acceptors (Lipinski definition) is 7. The largest absolute Gasteiger partial charge is 0.481 e. The number of benzene rings is 1. The number of carbonyl (C=O) groups excluding carboxylic acids is 1. The van der Waals surface area contributed by atoms with Crippen LogP contribution in [-0.4, -0.2) is 81.0 Å². The van der Waals surface area contributed by atoms with Crippen molar-refractivity contribution < 1.29 is 36.3 Å². The number of hydrogen-bond donors (Lipinski definition) is 2. The molecule has 3 rings (SSSR count). The Hall–Kier alpha value is -2.18. The molecule has 0 aromatic heterocycles. The first kappa shape index (κ1) is 26.4. The number of halogens is 4. The predicted octanol–water partition coefficient (Wildman–Crippen LogP) is 2.89. The Bertz CT molecular complexity index is 1100. The average molecular weight is 524 g/mol. The summed E-state index contributed by atoms with van der Waals surface area (Å²) in [6.07, 6.45) is -6.66. The third kappa shape index (κ3) is 5.23. The lowest BCUT2D eigenvalue weighted by Crippen LogP contribution is -2.44. The van der Waals surface area contributed by atoms with Gasteiger partial charge in [-0.3, -0.25) is 9.59 Å². The van der Waals surface area contributed by atoms with Crippen LogP contribution in [0.1, 0.15) is 19.3 Å². The normalized spacial score (nSPS) is 19.5. The minimum atomic E-state index is -4.90. The van der Waals surface area contributed by atoms with E-state index in [4.69, 9.17) is 17.0 Å². The number of carboxylic acids is 1. The fourth-order valence-electron chi connectivity index (χ4n) is 3.96. The zero-order valence-electron chi connectivity index (χ0n) is 18.4. The fourth-order valence-corrected chi connectivity index (χ4v) is 5.88. The standard InChI is InChI=1S/C21H25ClF3N3O5S/c1-27-7-9-28(10-8-27)13-2-3-16(15(22)12-13)34(32,33)11-4-14(19(30)31)17(26)18(29)20(5-6-20)21(23,24)25/h2-3,12,14,26H,4-11H2,1H3,(H,30,31)/t14-/m1/s1. The van der Waals surface area contributed by atoms with Crippen molar-refractivity contribution in [1.82, 2.24) is 4.90 Å². The first-order valence-electron chi connectivity index (χ1n) is 10.6. The van der Waals surface area contributed by atoms with E-state index in [9.17, 15) is 36.3 Å². The molecule has 13 heteroatoms. The van der Waals surface area contributed by atoms with Crippen LogP contribution in [0.3, 0.4) is 0 Å². The Morgan fingerprint density at radius 3 is 2.26 bits per heavy atom. The molecule has 0 spiro atoms. The van der Waals surface area contributed by atoms with E-state index in [1.165, 1.54) is 12.1 Å². The van der Waals surface area contributed by atoms with Gasteiger partial charge in [0.2, 0.25) is 0 Å². The van der Waals surface area contributed by atoms with Gasteiger partial charge in [-0.1, -0.05) is 11.6 Å². The van der Waals surface area contributed by atoms with Crippen LogP contribution in [0.25, 0.3) is 0 Å². The number of anilines is 1. The van der Waals surface area contributed by atoms with Gasteiger partial charge in [-0.15, -0.1) is 0 Å². The molecule has 188 valence electrons. The van der Waals surface area contributed by atoms with Crippen LogP contribution >= 0.6 is 11.6 Å². The van der Waals surface area contributed by atoms with Gasteiger partial charge in [0, 0.05) is 31.9 Å². The Labute approximate surface area is 200 Å². The first-order valence-corrected chi connectivity index (χ1v) is 12.6. The highest BCUT2D eigenvalue weighted by atomic mass is 35.5. The molecule has 0 bridgehead atoms. The number of carbonyl (C=O) groups is 2. The maximum Gasteiger partial charge on any atom is 0.401 e. The number of piperazine rings is 1. The Kier molecular flexibility index (Phi) is 7.35. The molecule has 1 heterocycles. The van der Waals surface area contributed by atoms with Crippen LogP contribution < -0.4 is 4.90 Å². The van der Waals surface area contributed by atoms with Crippen molar-refractivity contribution in [2.75, 3.05) is 43.9 Å². The van der Waals surface area contributed by atoms with E-state index in [1.807, 2.05) is 11.9 Å². The molecule has 2 aliphatic rings. The fraction of sp³-hybridized carbons (Fsp3) is 0.571. The number of nitrogens with zero attached hydrogens (tertiary/aromatic N) is 2. The van der Waals surface area contributed by atoms with Crippen LogP contribution in [0, 0.1) is 16.7 Å². The van der Waals surface area contributed by atoms with E-state index in [0.717, 1.165) is 31.9 Å². The molecule has 2 fully saturated rings. The number of likely N-dealkylation sites (N-methyl/N-ethyl adjacent to an activating group) is 1. The highest BCUT2D eigenvalue weighted by molar-refractivity contribution is 7.91. The number of Topliss-reactive ketones (excluding diaryl/α,β-unsaturated/α-hetero) is 1. The molecule has 0 radical (unpaired) electrons. The molecule has 1 saturated heterocycles. The van der Waals surface area contributed by atoms with Crippen LogP contribution in [0.15, 0.2) is 23.1 Å². The van der Waals surface area contributed by atoms with E-state index in [2.05, 4.69) is 4.90 Å². The third-order valence-corrected chi connectivity index (χ3v) is 8.64. The van der Waals surface area contributed by atoms with Crippen LogP contribution in [0.4, 0.5) is 18.9 Å². The molecule has 1 aromatic carbocycles. The quantitative estimate of drug-likeness (QED) is 0.478. The first-order chi connectivity index (χ1) is 15.7. The van der Waals surface area contributed by atoms with Gasteiger partial charge >= 0.3 is 12.1 Å². The van der Waals surface area contributed by atoms with Crippen molar-refractivity contribution in [1.29, 1.82) is 5.41 Å². The van der Waals surface area contributed by atoms with Gasteiger partial charge in [0.1, 0.15) is 11.3 Å². The average Bonchev–Trinajstić information content (AvgIpc) is 3.55. The van der Waals surface area contributed by atoms with Gasteiger partial charge in [0.25, 0.3) is 0 Å². The number of alkyl halides is 3. The second kappa shape index (κ2) is 9.46. The van der Waals surface area contributed by atoms with Gasteiger partial charge < -0.3 is 20.3 Å². The second-order valence-electron chi connectivity index (χ2n) is 8.73. The van der Waals surface area contributed by atoms with Crippen molar-refractivity contribution in [3.63, 3.8) is 0 Å². The van der Waals surface area contributed by atoms with Gasteiger partial charge in [-0.05, 0) is 44.5 Å². The zero-order valence-corrected chi connectivity index (χ0v) is 19.9. The molecular formula is C21H25ClF3N3O5S. The topological polar surface area (TPSA) is 119 Å². The summed E-state index contributed by atoms with van der Waals surface area (Å²) in [4.78, 5) is 27.8. The summed E-state index contributed by atoms with van der Waals surface area (Å²) in [5, 5.41) is 17.1. The smallest absolute Gasteiger partial charge is 0.401 e. The Morgan fingerprint density at radius 1 is 1.21 bits per heavy atom. The zero-order chi connectivity index (χ0) is 25.5. The van der Waals surface area contributed by atoms with Crippen molar-refractivity contribution in [3.05, 3.63) is 23.2 Å². The summed E-state index contributed by atoms with van der Waals surface area (Å²) in [7, 11) is -2.14. The highest BCUT2D eigenvalue weighted by Crippen LogP contribution is 2.58. The maximum absolute atomic E-state index is 13.2. The minimum Gasteiger partial charge on any atom is -0.481 e. The molecule has 1 aromatic rings. The lowest BCUT2D eigenvalue weighted by Gasteiger charge is -2.34. The lowest BCUT2D eigenvalue weighted by atomic mass is 9.88. The molecule has 1 aliphatic heterocycles. The number of nitrogens with one attached hydrogen (secondary N) is 1. The van der Waals surface area contributed by atoms with Crippen molar-refractivity contribution >= 4 is 44.6 Å². The third-order valence-electron chi connectivity index (χ3n) is 6.41. The predicted molar refractivity (Wildman–Crippen MR) is 119 cm³/mol. The number of aliphatic carboxylic acids is 1. The molecule has 34 heavy (non-hydrogen) atoms. The summed E-state index contributed by atoms with van der Waals surface area (Å²) in [5.41, 5.74) is -3.25. The van der Waals surface area contributed by atoms with Gasteiger partial charge in [-0.25, -0.2) is 8.42 Å². The van der Waals surface area contributed by atoms with E-state index >= 15 is 0 Å². The number of rotatable bonds is 9. The molecule has 0 unspecified atom stereocenters. The molecule has 8 nitrogen and oxygen atoms in total. The van der Waals surface area contributed by atoms with E-state index < -0.39 is 69.8 Å². The van der Waals surface area contributed by atoms with Gasteiger partial charge in [0.05, 0.1) is 21.4 Å². The van der Waals surface area contributed by atoms with E-state index in [1.54, 1.807) is 6.07 Å². The lowest BCUT2D eigenvalue weighted by molar-refractivity contribution is -0.187. The van der Waals surface area contributed by atoms with Crippen LogP contribution in [0.2, 0.25) is 5.02 Å². The summed E-state index contributed by atoms with van der Waals surface area (Å²) in [5.74, 6) is -6.13. The number of sulfone groups is 1. The van der Waals surface area contributed by atoms with E-state index in [-0.39, 0.29) is 9.92 Å². The summed E-state index contributed by atoms with van der Waals surface area (Å²) < 4.78 is 65.3. The summed E-state index contributed by atoms with van der Waals surface area (Å²) in [6.45, 7) is 3.12. The second-order valence-corrected chi connectivity index (χ2v) is 11.2.